The fraction of sp³-hybridized carbons (Fsp3) is 0.118. The number of aliphatic hydroxyl groups is 1. The maximum Gasteiger partial charge on any atom is 0.0705 e. The van der Waals surface area contributed by atoms with Gasteiger partial charge in [0.25, 0.3) is 0 Å². The standard InChI is InChI=1S/C17H16N2O/c20-12-14-5-1-3-7-16(14)19-11-13-9-10-18-17-8-4-2-6-15(13)17/h1-10,19-20H,11-12H2. The van der Waals surface area contributed by atoms with E-state index >= 15 is 0 Å². The van der Waals surface area contributed by atoms with E-state index in [9.17, 15) is 5.11 Å². The highest BCUT2D eigenvalue weighted by Crippen LogP contribution is 2.19. The minimum absolute atomic E-state index is 0.0419. The maximum absolute atomic E-state index is 9.34. The lowest BCUT2D eigenvalue weighted by molar-refractivity contribution is 0.282. The Labute approximate surface area is 117 Å². The van der Waals surface area contributed by atoms with Crippen molar-refractivity contribution in [1.82, 2.24) is 4.98 Å². The number of nitrogens with one attached hydrogen (secondary N) is 1. The Kier molecular flexibility index (Phi) is 3.61. The van der Waals surface area contributed by atoms with Crippen molar-refractivity contribution < 1.29 is 5.11 Å². The predicted molar refractivity (Wildman–Crippen MR) is 81.4 cm³/mol. The van der Waals surface area contributed by atoms with Crippen molar-refractivity contribution in [1.29, 1.82) is 0 Å². The molecule has 0 fully saturated rings. The number of fused-ring (bicyclic) bond motifs is 1. The molecule has 0 saturated carbocycles. The Morgan fingerprint density at radius 2 is 1.70 bits per heavy atom. The summed E-state index contributed by atoms with van der Waals surface area (Å²) in [6.45, 7) is 0.750. The van der Waals surface area contributed by atoms with Gasteiger partial charge in [-0.2, -0.15) is 0 Å². The van der Waals surface area contributed by atoms with Crippen LogP contribution in [0.3, 0.4) is 0 Å². The predicted octanol–water partition coefficient (Wildman–Crippen LogP) is 3.34. The molecule has 100 valence electrons. The molecule has 0 aliphatic carbocycles. The second-order valence-electron chi connectivity index (χ2n) is 4.66. The minimum Gasteiger partial charge on any atom is -0.392 e. The van der Waals surface area contributed by atoms with Gasteiger partial charge in [0.1, 0.15) is 0 Å². The van der Waals surface area contributed by atoms with E-state index < -0.39 is 0 Å². The highest BCUT2D eigenvalue weighted by Gasteiger charge is 2.03. The molecule has 0 spiro atoms. The molecule has 3 heteroatoms. The summed E-state index contributed by atoms with van der Waals surface area (Å²) >= 11 is 0. The van der Waals surface area contributed by atoms with Crippen molar-refractivity contribution in [3.8, 4) is 0 Å². The van der Waals surface area contributed by atoms with Crippen LogP contribution in [0.5, 0.6) is 0 Å². The van der Waals surface area contributed by atoms with Crippen LogP contribution < -0.4 is 5.32 Å². The number of hydrogen-bond donors (Lipinski definition) is 2. The number of pyridine rings is 1. The monoisotopic (exact) mass is 264 g/mol. The smallest absolute Gasteiger partial charge is 0.0705 e. The van der Waals surface area contributed by atoms with Gasteiger partial charge in [-0.05, 0) is 23.8 Å². The van der Waals surface area contributed by atoms with Crippen LogP contribution in [0.1, 0.15) is 11.1 Å². The number of rotatable bonds is 4. The van der Waals surface area contributed by atoms with Crippen molar-refractivity contribution in [2.75, 3.05) is 5.32 Å². The van der Waals surface area contributed by atoms with Crippen molar-refractivity contribution in [3.05, 3.63) is 71.9 Å². The SMILES string of the molecule is OCc1ccccc1NCc1ccnc2ccccc12. The van der Waals surface area contributed by atoms with Crippen LogP contribution in [0.25, 0.3) is 10.9 Å². The topological polar surface area (TPSA) is 45.1 Å². The molecule has 3 nitrogen and oxygen atoms in total. The van der Waals surface area contributed by atoms with E-state index in [1.54, 1.807) is 0 Å². The van der Waals surface area contributed by atoms with Crippen molar-refractivity contribution in [3.63, 3.8) is 0 Å². The number of aromatic nitrogens is 1. The van der Waals surface area contributed by atoms with E-state index in [0.29, 0.717) is 6.54 Å². The zero-order valence-electron chi connectivity index (χ0n) is 11.1. The molecule has 0 aliphatic rings. The van der Waals surface area contributed by atoms with Gasteiger partial charge in [0.2, 0.25) is 0 Å². The summed E-state index contributed by atoms with van der Waals surface area (Å²) in [4.78, 5) is 4.36. The van der Waals surface area contributed by atoms with E-state index in [4.69, 9.17) is 0 Å². The van der Waals surface area contributed by atoms with Gasteiger partial charge in [-0.1, -0.05) is 36.4 Å². The quantitative estimate of drug-likeness (QED) is 0.759. The Hall–Kier alpha value is -2.39. The molecule has 0 radical (unpaired) electrons. The molecule has 0 unspecified atom stereocenters. The summed E-state index contributed by atoms with van der Waals surface area (Å²) in [6.07, 6.45) is 1.83. The highest BCUT2D eigenvalue weighted by molar-refractivity contribution is 5.82. The average Bonchev–Trinajstić information content (AvgIpc) is 2.53. The number of benzene rings is 2. The van der Waals surface area contributed by atoms with Gasteiger partial charge in [0.05, 0.1) is 12.1 Å². The average molecular weight is 264 g/mol. The summed E-state index contributed by atoms with van der Waals surface area (Å²) < 4.78 is 0. The summed E-state index contributed by atoms with van der Waals surface area (Å²) in [5, 5.41) is 13.9. The van der Waals surface area contributed by atoms with E-state index in [0.717, 1.165) is 22.2 Å². The number of anilines is 1. The third kappa shape index (κ3) is 2.49. The van der Waals surface area contributed by atoms with E-state index in [2.05, 4.69) is 16.4 Å². The van der Waals surface area contributed by atoms with Crippen LogP contribution in [0.2, 0.25) is 0 Å². The third-order valence-electron chi connectivity index (χ3n) is 3.40. The summed E-state index contributed by atoms with van der Waals surface area (Å²) in [7, 11) is 0. The minimum atomic E-state index is 0.0419. The summed E-state index contributed by atoms with van der Waals surface area (Å²) in [5.41, 5.74) is 4.08. The van der Waals surface area contributed by atoms with Crippen molar-refractivity contribution >= 4 is 16.6 Å². The molecule has 0 aliphatic heterocycles. The van der Waals surface area contributed by atoms with Crippen LogP contribution in [-0.4, -0.2) is 10.1 Å². The molecule has 0 saturated heterocycles. The molecule has 1 aromatic heterocycles. The molecule has 2 N–H and O–H groups in total. The van der Waals surface area contributed by atoms with Crippen LogP contribution in [0, 0.1) is 0 Å². The van der Waals surface area contributed by atoms with Gasteiger partial charge in [-0.3, -0.25) is 4.98 Å². The summed E-state index contributed by atoms with van der Waals surface area (Å²) in [6, 6.07) is 17.9. The Morgan fingerprint density at radius 3 is 2.60 bits per heavy atom. The van der Waals surface area contributed by atoms with Gasteiger partial charge in [-0.25, -0.2) is 0 Å². The molecule has 1 heterocycles. The Balaban J connectivity index is 1.87. The van der Waals surface area contributed by atoms with E-state index in [1.807, 2.05) is 54.7 Å². The zero-order chi connectivity index (χ0) is 13.8. The Bertz CT molecular complexity index is 720. The fourth-order valence-electron chi connectivity index (χ4n) is 2.33. The van der Waals surface area contributed by atoms with Gasteiger partial charge in [0.15, 0.2) is 0 Å². The van der Waals surface area contributed by atoms with Crippen LogP contribution in [0.15, 0.2) is 60.8 Å². The van der Waals surface area contributed by atoms with Crippen LogP contribution >= 0.6 is 0 Å². The lowest BCUT2D eigenvalue weighted by Crippen LogP contribution is -2.03. The molecule has 0 atom stereocenters. The molecule has 0 amide bonds. The molecule has 2 aromatic carbocycles. The molecule has 20 heavy (non-hydrogen) atoms. The lowest BCUT2D eigenvalue weighted by atomic mass is 10.1. The third-order valence-corrected chi connectivity index (χ3v) is 3.40. The first-order valence-electron chi connectivity index (χ1n) is 6.64. The zero-order valence-corrected chi connectivity index (χ0v) is 11.1. The summed E-state index contributed by atoms with van der Waals surface area (Å²) in [5.74, 6) is 0. The van der Waals surface area contributed by atoms with Gasteiger partial charge in [-0.15, -0.1) is 0 Å². The van der Waals surface area contributed by atoms with Crippen LogP contribution in [0.4, 0.5) is 5.69 Å². The maximum atomic E-state index is 9.34. The molecule has 3 aromatic rings. The van der Waals surface area contributed by atoms with E-state index in [-0.39, 0.29) is 6.61 Å². The highest BCUT2D eigenvalue weighted by atomic mass is 16.3. The lowest BCUT2D eigenvalue weighted by Gasteiger charge is -2.11. The second kappa shape index (κ2) is 5.72. The van der Waals surface area contributed by atoms with Crippen LogP contribution in [-0.2, 0) is 13.2 Å². The molecular weight excluding hydrogens is 248 g/mol. The van der Waals surface area contributed by atoms with Crippen molar-refractivity contribution in [2.24, 2.45) is 0 Å². The number of hydrogen-bond acceptors (Lipinski definition) is 3. The molecule has 0 bridgehead atoms. The normalized spacial score (nSPS) is 10.7. The molecular formula is C17H16N2O. The Morgan fingerprint density at radius 1 is 0.900 bits per heavy atom. The van der Waals surface area contributed by atoms with E-state index in [1.165, 1.54) is 5.56 Å². The van der Waals surface area contributed by atoms with Gasteiger partial charge in [0, 0.05) is 29.4 Å². The number of aliphatic hydroxyl groups excluding tert-OH is 1. The fourth-order valence-corrected chi connectivity index (χ4v) is 2.33. The number of nitrogens with zero attached hydrogens (tertiary/aromatic N) is 1. The number of para-hydroxylation sites is 2. The first kappa shape index (κ1) is 12.6. The van der Waals surface area contributed by atoms with Crippen molar-refractivity contribution in [2.45, 2.75) is 13.2 Å². The first-order valence-corrected chi connectivity index (χ1v) is 6.64. The second-order valence-corrected chi connectivity index (χ2v) is 4.66. The van der Waals surface area contributed by atoms with Gasteiger partial charge < -0.3 is 10.4 Å². The van der Waals surface area contributed by atoms with Gasteiger partial charge >= 0.3 is 0 Å². The molecule has 3 rings (SSSR count). The largest absolute Gasteiger partial charge is 0.392 e. The first-order chi connectivity index (χ1) is 9.88.